The van der Waals surface area contributed by atoms with Crippen LogP contribution in [0.25, 0.3) is 0 Å². The number of rotatable bonds is 7. The number of nitrogens with one attached hydrogen (secondary N) is 1. The van der Waals surface area contributed by atoms with Gasteiger partial charge in [-0.25, -0.2) is 0 Å². The van der Waals surface area contributed by atoms with Crippen molar-refractivity contribution < 1.29 is 9.53 Å². The molecule has 22 heavy (non-hydrogen) atoms. The Bertz CT molecular complexity index is 476. The molecule has 0 saturated heterocycles. The number of carbonyl (C=O) groups excluding carboxylic acids is 1. The Labute approximate surface area is 133 Å². The van der Waals surface area contributed by atoms with Crippen molar-refractivity contribution >= 4 is 5.91 Å². The molecule has 1 aromatic rings. The molecule has 1 aromatic carbocycles. The van der Waals surface area contributed by atoms with Crippen LogP contribution in [0.15, 0.2) is 24.3 Å². The smallest absolute Gasteiger partial charge is 0.224 e. The highest BCUT2D eigenvalue weighted by molar-refractivity contribution is 5.79. The fourth-order valence-corrected chi connectivity index (χ4v) is 2.92. The zero-order valence-electron chi connectivity index (χ0n) is 13.7. The summed E-state index contributed by atoms with van der Waals surface area (Å²) in [7, 11) is 0. The number of hydrogen-bond acceptors (Lipinski definition) is 3. The van der Waals surface area contributed by atoms with Crippen LogP contribution in [0.5, 0.6) is 5.75 Å². The van der Waals surface area contributed by atoms with Gasteiger partial charge in [0.15, 0.2) is 0 Å². The minimum atomic E-state index is -0.169. The largest absolute Gasteiger partial charge is 0.493 e. The summed E-state index contributed by atoms with van der Waals surface area (Å²) in [5.74, 6) is 1.42. The van der Waals surface area contributed by atoms with E-state index in [1.807, 2.05) is 24.3 Å². The Morgan fingerprint density at radius 3 is 2.45 bits per heavy atom. The van der Waals surface area contributed by atoms with E-state index in [1.54, 1.807) is 0 Å². The van der Waals surface area contributed by atoms with Crippen molar-refractivity contribution in [2.75, 3.05) is 13.2 Å². The normalized spacial score (nSPS) is 16.7. The topological polar surface area (TPSA) is 64.3 Å². The highest BCUT2D eigenvalue weighted by Crippen LogP contribution is 2.28. The average molecular weight is 304 g/mol. The van der Waals surface area contributed by atoms with Crippen LogP contribution in [0.1, 0.15) is 45.1 Å². The summed E-state index contributed by atoms with van der Waals surface area (Å²) in [5, 5.41) is 3.15. The van der Waals surface area contributed by atoms with Gasteiger partial charge in [-0.1, -0.05) is 38.8 Å². The summed E-state index contributed by atoms with van der Waals surface area (Å²) in [6.45, 7) is 5.48. The van der Waals surface area contributed by atoms with E-state index in [2.05, 4.69) is 19.2 Å². The van der Waals surface area contributed by atoms with Crippen molar-refractivity contribution in [1.29, 1.82) is 0 Å². The van der Waals surface area contributed by atoms with Crippen LogP contribution in [-0.4, -0.2) is 24.6 Å². The van der Waals surface area contributed by atoms with Gasteiger partial charge >= 0.3 is 0 Å². The molecule has 1 aliphatic rings. The molecule has 1 aliphatic carbocycles. The first-order valence-corrected chi connectivity index (χ1v) is 8.26. The van der Waals surface area contributed by atoms with E-state index in [4.69, 9.17) is 10.5 Å². The van der Waals surface area contributed by atoms with E-state index in [9.17, 15) is 4.79 Å². The molecule has 0 unspecified atom stereocenters. The van der Waals surface area contributed by atoms with Gasteiger partial charge in [0.05, 0.1) is 18.6 Å². The van der Waals surface area contributed by atoms with E-state index in [0.29, 0.717) is 25.5 Å². The van der Waals surface area contributed by atoms with Gasteiger partial charge in [-0.3, -0.25) is 4.79 Å². The van der Waals surface area contributed by atoms with Crippen LogP contribution in [0, 0.1) is 5.92 Å². The summed E-state index contributed by atoms with van der Waals surface area (Å²) in [4.78, 5) is 12.2. The van der Waals surface area contributed by atoms with Gasteiger partial charge in [0.1, 0.15) is 5.75 Å². The third kappa shape index (κ3) is 4.73. The first-order valence-electron chi connectivity index (χ1n) is 8.26. The molecular formula is C18H28N2O2. The molecule has 0 heterocycles. The molecular weight excluding hydrogens is 276 g/mol. The van der Waals surface area contributed by atoms with Crippen molar-refractivity contribution in [1.82, 2.24) is 5.32 Å². The summed E-state index contributed by atoms with van der Waals surface area (Å²) in [6, 6.07) is 7.77. The Balaban J connectivity index is 1.86. The number of carbonyl (C=O) groups is 1. The molecule has 2 rings (SSSR count). The fraction of sp³-hybridized carbons (Fsp3) is 0.611. The lowest BCUT2D eigenvalue weighted by Crippen LogP contribution is -2.52. The van der Waals surface area contributed by atoms with Crippen LogP contribution >= 0.6 is 0 Å². The van der Waals surface area contributed by atoms with Crippen LogP contribution in [-0.2, 0) is 11.2 Å². The van der Waals surface area contributed by atoms with Gasteiger partial charge in [0, 0.05) is 6.54 Å². The van der Waals surface area contributed by atoms with Gasteiger partial charge in [0.2, 0.25) is 5.91 Å². The molecule has 122 valence electrons. The number of benzene rings is 1. The molecule has 0 spiro atoms. The highest BCUT2D eigenvalue weighted by atomic mass is 16.5. The molecule has 0 aromatic heterocycles. The Morgan fingerprint density at radius 2 is 1.91 bits per heavy atom. The maximum Gasteiger partial charge on any atom is 0.224 e. The lowest BCUT2D eigenvalue weighted by Gasteiger charge is -2.28. The quantitative estimate of drug-likeness (QED) is 0.814. The first-order chi connectivity index (χ1) is 10.5. The Kier molecular flexibility index (Phi) is 5.83. The van der Waals surface area contributed by atoms with Crippen LogP contribution < -0.4 is 15.8 Å². The Hall–Kier alpha value is -1.55. The number of ether oxygens (including phenoxy) is 1. The maximum absolute atomic E-state index is 12.2. The van der Waals surface area contributed by atoms with Crippen molar-refractivity contribution in [3.05, 3.63) is 29.8 Å². The average Bonchev–Trinajstić information content (AvgIpc) is 2.95. The molecule has 0 bridgehead atoms. The van der Waals surface area contributed by atoms with Gasteiger partial charge < -0.3 is 15.8 Å². The second kappa shape index (κ2) is 7.63. The molecule has 3 N–H and O–H groups in total. The number of nitrogens with two attached hydrogens (primary N) is 1. The Morgan fingerprint density at radius 1 is 1.27 bits per heavy atom. The molecule has 4 heteroatoms. The molecule has 0 radical (unpaired) electrons. The van der Waals surface area contributed by atoms with Crippen molar-refractivity contribution in [2.45, 2.75) is 51.5 Å². The predicted octanol–water partition coefficient (Wildman–Crippen LogP) is 2.65. The standard InChI is InChI=1S/C18H28N2O2/c1-14(2)12-22-16-7-5-15(6-8-16)11-17(21)20-18(13-19)9-3-4-10-18/h5-8,14H,3-4,9-13,19H2,1-2H3,(H,20,21). The monoisotopic (exact) mass is 304 g/mol. The predicted molar refractivity (Wildman–Crippen MR) is 88.9 cm³/mol. The second-order valence-corrected chi connectivity index (χ2v) is 6.77. The first kappa shape index (κ1) is 16.8. The highest BCUT2D eigenvalue weighted by Gasteiger charge is 2.33. The zero-order valence-corrected chi connectivity index (χ0v) is 13.7. The summed E-state index contributed by atoms with van der Waals surface area (Å²) < 4.78 is 5.65. The van der Waals surface area contributed by atoms with E-state index in [-0.39, 0.29) is 11.4 Å². The van der Waals surface area contributed by atoms with Crippen LogP contribution in [0.3, 0.4) is 0 Å². The van der Waals surface area contributed by atoms with E-state index in [0.717, 1.165) is 37.0 Å². The second-order valence-electron chi connectivity index (χ2n) is 6.77. The summed E-state index contributed by atoms with van der Waals surface area (Å²) in [5.41, 5.74) is 6.69. The van der Waals surface area contributed by atoms with Crippen LogP contribution in [0.2, 0.25) is 0 Å². The van der Waals surface area contributed by atoms with Gasteiger partial charge in [-0.05, 0) is 36.5 Å². The third-order valence-electron chi connectivity index (χ3n) is 4.23. The number of amides is 1. The molecule has 4 nitrogen and oxygen atoms in total. The van der Waals surface area contributed by atoms with E-state index >= 15 is 0 Å². The van der Waals surface area contributed by atoms with E-state index in [1.165, 1.54) is 0 Å². The SMILES string of the molecule is CC(C)COc1ccc(CC(=O)NC2(CN)CCCC2)cc1. The maximum atomic E-state index is 12.2. The van der Waals surface area contributed by atoms with Crippen molar-refractivity contribution in [3.8, 4) is 5.75 Å². The van der Waals surface area contributed by atoms with Crippen molar-refractivity contribution in [2.24, 2.45) is 11.7 Å². The van der Waals surface area contributed by atoms with Gasteiger partial charge in [-0.15, -0.1) is 0 Å². The zero-order chi connectivity index (χ0) is 16.0. The summed E-state index contributed by atoms with van der Waals surface area (Å²) >= 11 is 0. The lowest BCUT2D eigenvalue weighted by atomic mass is 9.97. The van der Waals surface area contributed by atoms with Gasteiger partial charge in [-0.2, -0.15) is 0 Å². The lowest BCUT2D eigenvalue weighted by molar-refractivity contribution is -0.122. The molecule has 1 fully saturated rings. The molecule has 0 aliphatic heterocycles. The minimum Gasteiger partial charge on any atom is -0.493 e. The van der Waals surface area contributed by atoms with Crippen LogP contribution in [0.4, 0.5) is 0 Å². The third-order valence-corrected chi connectivity index (χ3v) is 4.23. The molecule has 1 saturated carbocycles. The molecule has 1 amide bonds. The molecule has 0 atom stereocenters. The van der Waals surface area contributed by atoms with Gasteiger partial charge in [0.25, 0.3) is 0 Å². The van der Waals surface area contributed by atoms with E-state index < -0.39 is 0 Å². The fourth-order valence-electron chi connectivity index (χ4n) is 2.92. The summed E-state index contributed by atoms with van der Waals surface area (Å²) in [6.07, 6.45) is 4.69. The number of hydrogen-bond donors (Lipinski definition) is 2. The minimum absolute atomic E-state index is 0.0585. The van der Waals surface area contributed by atoms with Crippen molar-refractivity contribution in [3.63, 3.8) is 0 Å².